The number of hydrogen-bond donors (Lipinski definition) is 2. The van der Waals surface area contributed by atoms with E-state index in [9.17, 15) is 24.6 Å². The van der Waals surface area contributed by atoms with Gasteiger partial charge in [0.05, 0.1) is 20.6 Å². The summed E-state index contributed by atoms with van der Waals surface area (Å²) in [6, 6.07) is 9.34. The van der Waals surface area contributed by atoms with Crippen molar-refractivity contribution in [3.63, 3.8) is 0 Å². The summed E-state index contributed by atoms with van der Waals surface area (Å²) >= 11 is 0. The lowest BCUT2D eigenvalue weighted by Gasteiger charge is -2.03. The highest BCUT2D eigenvalue weighted by Crippen LogP contribution is 2.27. The number of phenolic OH excluding ortho intramolecular Hbond substituents is 2. The van der Waals surface area contributed by atoms with E-state index in [2.05, 4.69) is 0 Å². The average Bonchev–Trinajstić information content (AvgIpc) is 2.77. The van der Waals surface area contributed by atoms with Gasteiger partial charge in [-0.15, -0.1) is 0 Å². The summed E-state index contributed by atoms with van der Waals surface area (Å²) in [4.78, 5) is 34.0. The Morgan fingerprint density at radius 3 is 1.47 bits per heavy atom. The number of carbonyl (C=O) groups is 3. The number of benzene rings is 2. The molecule has 0 fully saturated rings. The molecule has 2 aromatic carbocycles. The molecule has 0 aliphatic carbocycles. The zero-order chi connectivity index (χ0) is 25.7. The first-order valence-corrected chi connectivity index (χ1v) is 10.4. The minimum atomic E-state index is -0.347. The number of phenols is 2. The van der Waals surface area contributed by atoms with Crippen LogP contribution in [0.4, 0.5) is 0 Å². The molecule has 0 bridgehead atoms. The van der Waals surface area contributed by atoms with Crippen molar-refractivity contribution in [2.75, 3.05) is 14.2 Å². The van der Waals surface area contributed by atoms with E-state index in [-0.39, 0.29) is 35.3 Å². The maximum Gasteiger partial charge on any atom is 0.163 e. The fourth-order valence-electron chi connectivity index (χ4n) is 2.67. The number of methoxy groups -OCH3 is 2. The van der Waals surface area contributed by atoms with Crippen LogP contribution < -0.4 is 9.47 Å². The van der Waals surface area contributed by atoms with Crippen molar-refractivity contribution in [2.45, 2.75) is 27.2 Å². The van der Waals surface area contributed by atoms with E-state index in [0.717, 1.165) is 5.57 Å². The average molecular weight is 467 g/mol. The van der Waals surface area contributed by atoms with E-state index < -0.39 is 0 Å². The molecular weight excluding hydrogens is 436 g/mol. The molecular formula is C27H30O7. The molecule has 0 aliphatic rings. The van der Waals surface area contributed by atoms with Crippen molar-refractivity contribution >= 4 is 29.5 Å². The first-order chi connectivity index (χ1) is 16.0. The predicted molar refractivity (Wildman–Crippen MR) is 132 cm³/mol. The van der Waals surface area contributed by atoms with Gasteiger partial charge in [0.15, 0.2) is 40.3 Å². The van der Waals surface area contributed by atoms with Crippen LogP contribution in [-0.2, 0) is 14.4 Å². The van der Waals surface area contributed by atoms with Crippen molar-refractivity contribution in [1.29, 1.82) is 0 Å². The molecule has 34 heavy (non-hydrogen) atoms. The largest absolute Gasteiger partial charge is 0.504 e. The van der Waals surface area contributed by atoms with Gasteiger partial charge in [-0.05, 0) is 74.4 Å². The van der Waals surface area contributed by atoms with Crippen LogP contribution in [-0.4, -0.2) is 41.8 Å². The highest BCUT2D eigenvalue weighted by atomic mass is 16.5. The van der Waals surface area contributed by atoms with Crippen molar-refractivity contribution in [1.82, 2.24) is 0 Å². The Kier molecular flexibility index (Phi) is 11.6. The standard InChI is InChI=1S/C21H20O6.C6H10O/c1-26-20-11-14(5-9-18(20)24)3-7-16(22)13-17(23)8-4-15-6-10-19(25)21(12-15)27-2;1-5(2)4-6(3)7/h3-12,24-25H,13H2,1-2H3;4H,1-3H3. The zero-order valence-corrected chi connectivity index (χ0v) is 20.0. The van der Waals surface area contributed by atoms with Crippen molar-refractivity contribution in [3.05, 3.63) is 71.3 Å². The normalized spacial score (nSPS) is 10.4. The van der Waals surface area contributed by atoms with Gasteiger partial charge < -0.3 is 19.7 Å². The quantitative estimate of drug-likeness (QED) is 0.399. The lowest BCUT2D eigenvalue weighted by Crippen LogP contribution is -2.01. The molecule has 0 aliphatic heterocycles. The van der Waals surface area contributed by atoms with E-state index in [1.807, 2.05) is 13.8 Å². The van der Waals surface area contributed by atoms with Gasteiger partial charge in [-0.3, -0.25) is 14.4 Å². The van der Waals surface area contributed by atoms with Gasteiger partial charge in [0.2, 0.25) is 0 Å². The van der Waals surface area contributed by atoms with E-state index in [4.69, 9.17) is 9.47 Å². The maximum atomic E-state index is 11.9. The third-order valence-corrected chi connectivity index (χ3v) is 4.17. The number of hydrogen-bond acceptors (Lipinski definition) is 7. The van der Waals surface area contributed by atoms with Crippen LogP contribution in [0.25, 0.3) is 12.2 Å². The second-order valence-corrected chi connectivity index (χ2v) is 7.47. The number of ketones is 3. The zero-order valence-electron chi connectivity index (χ0n) is 20.0. The van der Waals surface area contributed by atoms with Crippen LogP contribution in [0.3, 0.4) is 0 Å². The topological polar surface area (TPSA) is 110 Å². The summed E-state index contributed by atoms with van der Waals surface area (Å²) < 4.78 is 10.00. The molecule has 0 spiro atoms. The monoisotopic (exact) mass is 466 g/mol. The van der Waals surface area contributed by atoms with Crippen molar-refractivity contribution in [2.24, 2.45) is 0 Å². The van der Waals surface area contributed by atoms with Crippen LogP contribution >= 0.6 is 0 Å². The highest BCUT2D eigenvalue weighted by Gasteiger charge is 2.06. The lowest BCUT2D eigenvalue weighted by atomic mass is 10.1. The number of rotatable bonds is 9. The van der Waals surface area contributed by atoms with Gasteiger partial charge in [0, 0.05) is 0 Å². The van der Waals surface area contributed by atoms with E-state index in [1.165, 1.54) is 38.5 Å². The smallest absolute Gasteiger partial charge is 0.163 e. The number of ether oxygens (including phenoxy) is 2. The first kappa shape index (κ1) is 27.9. The minimum Gasteiger partial charge on any atom is -0.504 e. The van der Waals surface area contributed by atoms with Crippen molar-refractivity contribution in [3.8, 4) is 23.0 Å². The Morgan fingerprint density at radius 1 is 0.765 bits per heavy atom. The number of carbonyl (C=O) groups excluding carboxylic acids is 3. The van der Waals surface area contributed by atoms with E-state index >= 15 is 0 Å². The molecule has 0 radical (unpaired) electrons. The molecule has 0 amide bonds. The van der Waals surface area contributed by atoms with Crippen LogP contribution in [0.2, 0.25) is 0 Å². The van der Waals surface area contributed by atoms with Crippen LogP contribution in [0.15, 0.2) is 60.2 Å². The fourth-order valence-corrected chi connectivity index (χ4v) is 2.67. The Morgan fingerprint density at radius 2 is 1.18 bits per heavy atom. The van der Waals surface area contributed by atoms with E-state index in [1.54, 1.807) is 49.4 Å². The van der Waals surface area contributed by atoms with Gasteiger partial charge >= 0.3 is 0 Å². The predicted octanol–water partition coefficient (Wildman–Crippen LogP) is 4.91. The summed E-state index contributed by atoms with van der Waals surface area (Å²) in [5.41, 5.74) is 2.39. The number of allylic oxidation sites excluding steroid dienone is 4. The molecule has 2 aromatic rings. The van der Waals surface area contributed by atoms with Gasteiger partial charge in [0.1, 0.15) is 0 Å². The molecule has 7 nitrogen and oxygen atoms in total. The molecule has 0 heterocycles. The van der Waals surface area contributed by atoms with Gasteiger partial charge in [-0.2, -0.15) is 0 Å². The molecule has 0 saturated heterocycles. The first-order valence-electron chi connectivity index (χ1n) is 10.4. The summed E-state index contributed by atoms with van der Waals surface area (Å²) in [6.45, 7) is 5.36. The molecule has 0 saturated carbocycles. The third kappa shape index (κ3) is 10.5. The molecule has 7 heteroatoms. The molecule has 2 N–H and O–H groups in total. The summed E-state index contributed by atoms with van der Waals surface area (Å²) in [6.07, 6.45) is 7.05. The van der Waals surface area contributed by atoms with Gasteiger partial charge in [-0.1, -0.05) is 29.9 Å². The molecule has 0 unspecified atom stereocenters. The van der Waals surface area contributed by atoms with Crippen LogP contribution in [0.5, 0.6) is 23.0 Å². The molecule has 2 rings (SSSR count). The third-order valence-electron chi connectivity index (χ3n) is 4.17. The minimum absolute atomic E-state index is 0.00662. The van der Waals surface area contributed by atoms with Crippen molar-refractivity contribution < 1.29 is 34.1 Å². The van der Waals surface area contributed by atoms with Crippen LogP contribution in [0, 0.1) is 0 Å². The molecule has 0 aromatic heterocycles. The summed E-state index contributed by atoms with van der Waals surface area (Å²) in [5, 5.41) is 19.1. The lowest BCUT2D eigenvalue weighted by molar-refractivity contribution is -0.122. The Labute approximate surface area is 199 Å². The SMILES string of the molecule is CC(=O)C=C(C)C.COc1cc(C=CC(=O)CC(=O)C=Cc2ccc(O)c(OC)c2)ccc1O. The fraction of sp³-hybridized carbons (Fsp3) is 0.222. The summed E-state index contributed by atoms with van der Waals surface area (Å²) in [5.74, 6) is 0.0418. The molecule has 180 valence electrons. The van der Waals surface area contributed by atoms with E-state index in [0.29, 0.717) is 22.6 Å². The molecule has 0 atom stereocenters. The second kappa shape index (κ2) is 14.1. The Hall–Kier alpha value is -4.13. The van der Waals surface area contributed by atoms with Gasteiger partial charge in [0.25, 0.3) is 0 Å². The number of aromatic hydroxyl groups is 2. The Balaban J connectivity index is 0.000000718. The Bertz CT molecular complexity index is 1030. The highest BCUT2D eigenvalue weighted by molar-refractivity contribution is 6.10. The van der Waals surface area contributed by atoms with Gasteiger partial charge in [-0.25, -0.2) is 0 Å². The maximum absolute atomic E-state index is 11.9. The summed E-state index contributed by atoms with van der Waals surface area (Å²) in [7, 11) is 2.87. The van der Waals surface area contributed by atoms with Crippen LogP contribution in [0.1, 0.15) is 38.3 Å². The second-order valence-electron chi connectivity index (χ2n) is 7.47.